The molecule has 0 unspecified atom stereocenters. The van der Waals surface area contributed by atoms with Crippen LogP contribution in [0.3, 0.4) is 0 Å². The van der Waals surface area contributed by atoms with Gasteiger partial charge in [0.15, 0.2) is 0 Å². The fourth-order valence-corrected chi connectivity index (χ4v) is 1.98. The van der Waals surface area contributed by atoms with Crippen molar-refractivity contribution in [2.45, 2.75) is 0 Å². The van der Waals surface area contributed by atoms with Crippen molar-refractivity contribution in [1.82, 2.24) is 21.2 Å². The van der Waals surface area contributed by atoms with Gasteiger partial charge in [-0.05, 0) is 46.3 Å². The number of urea groups is 1. The highest BCUT2D eigenvalue weighted by molar-refractivity contribution is 9.10. The summed E-state index contributed by atoms with van der Waals surface area (Å²) in [7, 11) is 1.41. The molecule has 1 aromatic carbocycles. The molecule has 1 aromatic heterocycles. The third kappa shape index (κ3) is 4.39. The van der Waals surface area contributed by atoms with Crippen LogP contribution in [0.5, 0.6) is 11.6 Å². The molecular weight excluding hydrogens is 371 g/mol. The highest BCUT2D eigenvalue weighted by atomic mass is 79.9. The normalized spacial score (nSPS) is 9.87. The Bertz CT molecular complexity index is 742. The molecule has 0 aliphatic rings. The van der Waals surface area contributed by atoms with Crippen molar-refractivity contribution < 1.29 is 18.7 Å². The van der Waals surface area contributed by atoms with E-state index in [0.717, 1.165) is 0 Å². The van der Waals surface area contributed by atoms with Crippen molar-refractivity contribution in [2.75, 3.05) is 7.05 Å². The smallest absolute Gasteiger partial charge is 0.333 e. The van der Waals surface area contributed by atoms with Gasteiger partial charge in [0.2, 0.25) is 5.88 Å². The maximum atomic E-state index is 13.1. The number of pyridine rings is 1. The summed E-state index contributed by atoms with van der Waals surface area (Å²) >= 11 is 3.17. The van der Waals surface area contributed by atoms with Crippen molar-refractivity contribution in [2.24, 2.45) is 0 Å². The lowest BCUT2D eigenvalue weighted by Gasteiger charge is -2.11. The molecule has 9 heteroatoms. The standard InChI is InChI=1S/C14H12BrFN4O3/c1-17-14(22)20-19-12(21)9-3-2-6-18-13(9)23-11-5-4-8(16)7-10(11)15/h2-7H,1H3,(H,19,21)(H2,17,20,22). The summed E-state index contributed by atoms with van der Waals surface area (Å²) in [4.78, 5) is 27.1. The van der Waals surface area contributed by atoms with Crippen molar-refractivity contribution >= 4 is 27.9 Å². The zero-order valence-corrected chi connectivity index (χ0v) is 13.5. The predicted octanol–water partition coefficient (Wildman–Crippen LogP) is 2.35. The van der Waals surface area contributed by atoms with E-state index in [1.165, 1.54) is 37.5 Å². The number of ether oxygens (including phenoxy) is 1. The van der Waals surface area contributed by atoms with E-state index in [1.807, 2.05) is 0 Å². The number of nitrogens with one attached hydrogen (secondary N) is 3. The number of rotatable bonds is 3. The molecule has 23 heavy (non-hydrogen) atoms. The first-order chi connectivity index (χ1) is 11.0. The number of hydrogen-bond acceptors (Lipinski definition) is 4. The second-order valence-electron chi connectivity index (χ2n) is 4.19. The molecule has 0 bridgehead atoms. The summed E-state index contributed by atoms with van der Waals surface area (Å²) in [6.07, 6.45) is 1.44. The van der Waals surface area contributed by atoms with Crippen LogP contribution in [-0.2, 0) is 0 Å². The number of benzene rings is 1. The number of carbonyl (C=O) groups excluding carboxylic acids is 2. The van der Waals surface area contributed by atoms with Gasteiger partial charge in [0, 0.05) is 13.2 Å². The molecule has 1 heterocycles. The van der Waals surface area contributed by atoms with Gasteiger partial charge < -0.3 is 10.1 Å². The molecule has 3 N–H and O–H groups in total. The summed E-state index contributed by atoms with van der Waals surface area (Å²) in [5, 5.41) is 2.29. The Hall–Kier alpha value is -2.68. The van der Waals surface area contributed by atoms with E-state index < -0.39 is 17.8 Å². The van der Waals surface area contributed by atoms with Gasteiger partial charge >= 0.3 is 6.03 Å². The Morgan fingerprint density at radius 3 is 2.74 bits per heavy atom. The summed E-state index contributed by atoms with van der Waals surface area (Å²) in [6.45, 7) is 0. The topological polar surface area (TPSA) is 92.4 Å². The van der Waals surface area contributed by atoms with Crippen LogP contribution in [0.25, 0.3) is 0 Å². The monoisotopic (exact) mass is 382 g/mol. The van der Waals surface area contributed by atoms with E-state index >= 15 is 0 Å². The zero-order chi connectivity index (χ0) is 16.8. The first kappa shape index (κ1) is 16.7. The minimum atomic E-state index is -0.616. The van der Waals surface area contributed by atoms with Gasteiger partial charge in [0.1, 0.15) is 17.1 Å². The highest BCUT2D eigenvalue weighted by Crippen LogP contribution is 2.30. The van der Waals surface area contributed by atoms with Crippen LogP contribution in [0, 0.1) is 5.82 Å². The van der Waals surface area contributed by atoms with Gasteiger partial charge in [-0.2, -0.15) is 0 Å². The van der Waals surface area contributed by atoms with E-state index in [1.54, 1.807) is 6.07 Å². The largest absolute Gasteiger partial charge is 0.437 e. The van der Waals surface area contributed by atoms with Crippen LogP contribution in [0.2, 0.25) is 0 Å². The molecule has 0 aliphatic carbocycles. The van der Waals surface area contributed by atoms with Gasteiger partial charge in [0.05, 0.1) is 4.47 Å². The minimum Gasteiger partial charge on any atom is -0.437 e. The lowest BCUT2D eigenvalue weighted by Crippen LogP contribution is -2.45. The Balaban J connectivity index is 2.20. The molecule has 0 saturated heterocycles. The van der Waals surface area contributed by atoms with Crippen LogP contribution in [0.15, 0.2) is 41.0 Å². The predicted molar refractivity (Wildman–Crippen MR) is 83.5 cm³/mol. The van der Waals surface area contributed by atoms with Gasteiger partial charge in [-0.3, -0.25) is 10.2 Å². The van der Waals surface area contributed by atoms with E-state index in [9.17, 15) is 14.0 Å². The third-order valence-electron chi connectivity index (χ3n) is 2.63. The average Bonchev–Trinajstić information content (AvgIpc) is 2.55. The number of hydrazine groups is 1. The number of amides is 3. The molecule has 3 amide bonds. The summed E-state index contributed by atoms with van der Waals surface area (Å²) in [5.74, 6) is -0.748. The van der Waals surface area contributed by atoms with Crippen molar-refractivity contribution in [3.63, 3.8) is 0 Å². The lowest BCUT2D eigenvalue weighted by atomic mass is 10.2. The highest BCUT2D eigenvalue weighted by Gasteiger charge is 2.16. The van der Waals surface area contributed by atoms with Gasteiger partial charge in [-0.1, -0.05) is 0 Å². The Morgan fingerprint density at radius 2 is 2.04 bits per heavy atom. The Labute approximate surface area is 139 Å². The number of carbonyl (C=O) groups is 2. The van der Waals surface area contributed by atoms with Crippen LogP contribution in [-0.4, -0.2) is 24.0 Å². The second-order valence-corrected chi connectivity index (χ2v) is 5.05. The van der Waals surface area contributed by atoms with E-state index in [2.05, 4.69) is 37.1 Å². The van der Waals surface area contributed by atoms with Crippen molar-refractivity contribution in [1.29, 1.82) is 0 Å². The van der Waals surface area contributed by atoms with Crippen LogP contribution in [0.1, 0.15) is 10.4 Å². The molecule has 0 fully saturated rings. The minimum absolute atomic E-state index is 0.0102. The van der Waals surface area contributed by atoms with Crippen molar-refractivity contribution in [3.8, 4) is 11.6 Å². The van der Waals surface area contributed by atoms with E-state index in [0.29, 0.717) is 10.2 Å². The quantitative estimate of drug-likeness (QED) is 0.710. The number of nitrogens with zero attached hydrogens (tertiary/aromatic N) is 1. The molecule has 0 spiro atoms. The molecule has 7 nitrogen and oxygen atoms in total. The molecule has 0 atom stereocenters. The first-order valence-corrected chi connectivity index (χ1v) is 7.16. The third-order valence-corrected chi connectivity index (χ3v) is 3.25. The summed E-state index contributed by atoms with van der Waals surface area (Å²) in [6, 6.07) is 6.28. The lowest BCUT2D eigenvalue weighted by molar-refractivity contribution is 0.0933. The van der Waals surface area contributed by atoms with Crippen molar-refractivity contribution in [3.05, 3.63) is 52.4 Å². The van der Waals surface area contributed by atoms with Gasteiger partial charge in [0.25, 0.3) is 5.91 Å². The summed E-state index contributed by atoms with van der Waals surface area (Å²) < 4.78 is 19.0. The van der Waals surface area contributed by atoms with E-state index in [4.69, 9.17) is 4.74 Å². The van der Waals surface area contributed by atoms with Gasteiger partial charge in [-0.25, -0.2) is 19.6 Å². The zero-order valence-electron chi connectivity index (χ0n) is 11.9. The molecule has 2 aromatic rings. The van der Waals surface area contributed by atoms with Crippen LogP contribution >= 0.6 is 15.9 Å². The molecule has 2 rings (SSSR count). The first-order valence-electron chi connectivity index (χ1n) is 6.37. The molecule has 120 valence electrons. The summed E-state index contributed by atoms with van der Waals surface area (Å²) in [5.41, 5.74) is 4.45. The maximum Gasteiger partial charge on any atom is 0.333 e. The van der Waals surface area contributed by atoms with Crippen LogP contribution in [0.4, 0.5) is 9.18 Å². The van der Waals surface area contributed by atoms with E-state index in [-0.39, 0.29) is 11.4 Å². The number of hydrogen-bond donors (Lipinski definition) is 3. The molecule has 0 aliphatic heterocycles. The molecule has 0 radical (unpaired) electrons. The molecular formula is C14H12BrFN4O3. The average molecular weight is 383 g/mol. The SMILES string of the molecule is CNC(=O)NNC(=O)c1cccnc1Oc1ccc(F)cc1Br. The Kier molecular flexibility index (Phi) is 5.47. The fourth-order valence-electron chi connectivity index (χ4n) is 1.55. The maximum absolute atomic E-state index is 13.1. The molecule has 0 saturated carbocycles. The Morgan fingerprint density at radius 1 is 1.26 bits per heavy atom. The number of halogens is 2. The van der Waals surface area contributed by atoms with Gasteiger partial charge in [-0.15, -0.1) is 0 Å². The van der Waals surface area contributed by atoms with Crippen LogP contribution < -0.4 is 20.9 Å². The number of aromatic nitrogens is 1. The fraction of sp³-hybridized carbons (Fsp3) is 0.0714. The second kappa shape index (κ2) is 7.54.